The van der Waals surface area contributed by atoms with Gasteiger partial charge in [0, 0.05) is 34.2 Å². The van der Waals surface area contributed by atoms with Crippen molar-refractivity contribution in [2.45, 2.75) is 6.54 Å². The number of rotatable bonds is 5. The van der Waals surface area contributed by atoms with E-state index in [0.29, 0.717) is 27.0 Å². The number of nitrogens with zero attached hydrogens (tertiary/aromatic N) is 1. The lowest BCUT2D eigenvalue weighted by atomic mass is 10.1. The van der Waals surface area contributed by atoms with Gasteiger partial charge in [0.05, 0.1) is 11.1 Å². The summed E-state index contributed by atoms with van der Waals surface area (Å²) in [5.74, 6) is -3.79. The minimum absolute atomic E-state index is 0.196. The molecular formula is C20H13Cl2NO5. The number of aliphatic hydroxyl groups is 1. The molecule has 0 radical (unpaired) electrons. The lowest BCUT2D eigenvalue weighted by Gasteiger charge is -2.14. The van der Waals surface area contributed by atoms with Crippen LogP contribution in [0.1, 0.15) is 11.1 Å². The van der Waals surface area contributed by atoms with Crippen molar-refractivity contribution in [1.29, 1.82) is 0 Å². The fourth-order valence-corrected chi connectivity index (χ4v) is 3.22. The van der Waals surface area contributed by atoms with Gasteiger partial charge >= 0.3 is 5.97 Å². The third-order valence-electron chi connectivity index (χ3n) is 4.10. The SMILES string of the molecule is O=C(O)C(=O)/C=C(\O)c1cn(Cc2ccc(Cl)cc2Cl)c2ccccc2c1=O. The number of fused-ring (bicyclic) bond motifs is 1. The zero-order valence-electron chi connectivity index (χ0n) is 14.2. The maximum Gasteiger partial charge on any atom is 0.376 e. The van der Waals surface area contributed by atoms with Gasteiger partial charge in [-0.05, 0) is 29.8 Å². The first kappa shape index (κ1) is 19.7. The second-order valence-electron chi connectivity index (χ2n) is 5.95. The highest BCUT2D eigenvalue weighted by molar-refractivity contribution is 6.38. The molecular weight excluding hydrogens is 405 g/mol. The third kappa shape index (κ3) is 3.93. The molecule has 0 unspecified atom stereocenters. The van der Waals surface area contributed by atoms with Crippen LogP contribution in [0.3, 0.4) is 0 Å². The summed E-state index contributed by atoms with van der Waals surface area (Å²) >= 11 is 12.2. The van der Waals surface area contributed by atoms with Gasteiger partial charge in [-0.25, -0.2) is 4.79 Å². The average Bonchev–Trinajstić information content (AvgIpc) is 2.65. The Hall–Kier alpha value is -3.09. The van der Waals surface area contributed by atoms with Crippen molar-refractivity contribution in [3.63, 3.8) is 0 Å². The number of benzene rings is 2. The van der Waals surface area contributed by atoms with E-state index in [0.717, 1.165) is 5.56 Å². The quantitative estimate of drug-likeness (QED) is 0.372. The van der Waals surface area contributed by atoms with Crippen molar-refractivity contribution in [1.82, 2.24) is 4.57 Å². The fraction of sp³-hybridized carbons (Fsp3) is 0.0500. The molecule has 0 atom stereocenters. The van der Waals surface area contributed by atoms with Crippen LogP contribution in [0.4, 0.5) is 0 Å². The number of ketones is 1. The van der Waals surface area contributed by atoms with Crippen molar-refractivity contribution in [3.8, 4) is 0 Å². The number of para-hydroxylation sites is 1. The largest absolute Gasteiger partial charge is 0.507 e. The average molecular weight is 418 g/mol. The maximum absolute atomic E-state index is 12.7. The van der Waals surface area contributed by atoms with Gasteiger partial charge in [-0.1, -0.05) is 41.4 Å². The van der Waals surface area contributed by atoms with Gasteiger partial charge in [-0.3, -0.25) is 9.59 Å². The van der Waals surface area contributed by atoms with Gasteiger partial charge in [0.15, 0.2) is 5.43 Å². The number of aromatic nitrogens is 1. The second-order valence-corrected chi connectivity index (χ2v) is 6.80. The number of carbonyl (C=O) groups is 2. The van der Waals surface area contributed by atoms with E-state index in [9.17, 15) is 19.5 Å². The summed E-state index contributed by atoms with van der Waals surface area (Å²) < 4.78 is 1.68. The first-order valence-corrected chi connectivity index (χ1v) is 8.78. The summed E-state index contributed by atoms with van der Waals surface area (Å²) in [5, 5.41) is 20.1. The summed E-state index contributed by atoms with van der Waals surface area (Å²) in [6, 6.07) is 11.7. The third-order valence-corrected chi connectivity index (χ3v) is 4.68. The van der Waals surface area contributed by atoms with E-state index in [-0.39, 0.29) is 12.1 Å². The standard InChI is InChI=1S/C20H13Cl2NO5/c21-12-6-5-11(15(22)7-12)9-23-10-14(17(24)8-18(25)20(27)28)19(26)13-3-1-2-4-16(13)23/h1-8,10,24H,9H2,(H,27,28)/b17-8-. The minimum atomic E-state index is -1.74. The van der Waals surface area contributed by atoms with Crippen molar-refractivity contribution in [3.05, 3.63) is 86.1 Å². The molecule has 0 bridgehead atoms. The summed E-state index contributed by atoms with van der Waals surface area (Å²) in [6.45, 7) is 0.254. The summed E-state index contributed by atoms with van der Waals surface area (Å²) in [5.41, 5.74) is 0.579. The Kier molecular flexibility index (Phi) is 5.53. The van der Waals surface area contributed by atoms with Crippen LogP contribution in [0.15, 0.2) is 59.5 Å². The summed E-state index contributed by atoms with van der Waals surface area (Å²) in [7, 11) is 0. The molecule has 8 heteroatoms. The Bertz CT molecular complexity index is 1200. The minimum Gasteiger partial charge on any atom is -0.507 e. The maximum atomic E-state index is 12.7. The molecule has 2 N–H and O–H groups in total. The van der Waals surface area contributed by atoms with E-state index >= 15 is 0 Å². The first-order chi connectivity index (χ1) is 13.3. The van der Waals surface area contributed by atoms with E-state index in [1.54, 1.807) is 47.0 Å². The van der Waals surface area contributed by atoms with Gasteiger partial charge in [-0.2, -0.15) is 0 Å². The van der Waals surface area contributed by atoms with Gasteiger partial charge < -0.3 is 14.8 Å². The second kappa shape index (κ2) is 7.88. The van der Waals surface area contributed by atoms with Crippen LogP contribution in [0.25, 0.3) is 16.7 Å². The van der Waals surface area contributed by atoms with E-state index in [1.165, 1.54) is 6.20 Å². The molecule has 0 aliphatic heterocycles. The number of aliphatic carboxylic acids is 1. The normalized spacial score (nSPS) is 11.6. The van der Waals surface area contributed by atoms with Crippen LogP contribution in [-0.2, 0) is 16.1 Å². The number of carboxylic acid groups (broad SMARTS) is 1. The molecule has 0 spiro atoms. The smallest absolute Gasteiger partial charge is 0.376 e. The van der Waals surface area contributed by atoms with E-state index in [2.05, 4.69) is 0 Å². The number of carboxylic acids is 1. The van der Waals surface area contributed by atoms with Crippen LogP contribution in [0.2, 0.25) is 10.0 Å². The van der Waals surface area contributed by atoms with Crippen LogP contribution >= 0.6 is 23.2 Å². The number of hydrogen-bond acceptors (Lipinski definition) is 4. The molecule has 0 fully saturated rings. The molecule has 142 valence electrons. The van der Waals surface area contributed by atoms with Crippen molar-refractivity contribution >= 4 is 51.6 Å². The van der Waals surface area contributed by atoms with E-state index in [4.69, 9.17) is 28.3 Å². The molecule has 0 aliphatic carbocycles. The van der Waals surface area contributed by atoms with Crippen LogP contribution in [-0.4, -0.2) is 26.5 Å². The van der Waals surface area contributed by atoms with Crippen LogP contribution < -0.4 is 5.43 Å². The molecule has 1 aromatic heterocycles. The van der Waals surface area contributed by atoms with Gasteiger partial charge in [0.1, 0.15) is 5.76 Å². The van der Waals surface area contributed by atoms with Gasteiger partial charge in [0.2, 0.25) is 0 Å². The van der Waals surface area contributed by atoms with Crippen molar-refractivity contribution in [2.24, 2.45) is 0 Å². The van der Waals surface area contributed by atoms with Gasteiger partial charge in [0.25, 0.3) is 5.78 Å². The zero-order valence-corrected chi connectivity index (χ0v) is 15.7. The number of hydrogen-bond donors (Lipinski definition) is 2. The number of carbonyl (C=O) groups excluding carboxylic acids is 1. The Labute approximate surface area is 168 Å². The molecule has 28 heavy (non-hydrogen) atoms. The fourth-order valence-electron chi connectivity index (χ4n) is 2.76. The Balaban J connectivity index is 2.19. The molecule has 0 aliphatic rings. The highest BCUT2D eigenvalue weighted by atomic mass is 35.5. The molecule has 3 aromatic rings. The lowest BCUT2D eigenvalue weighted by Crippen LogP contribution is -2.16. The monoisotopic (exact) mass is 417 g/mol. The summed E-state index contributed by atoms with van der Waals surface area (Å²) in [4.78, 5) is 34.8. The number of halogens is 2. The Morgan fingerprint density at radius 3 is 2.46 bits per heavy atom. The predicted molar refractivity (Wildman–Crippen MR) is 107 cm³/mol. The molecule has 3 rings (SSSR count). The van der Waals surface area contributed by atoms with Crippen molar-refractivity contribution in [2.75, 3.05) is 0 Å². The molecule has 6 nitrogen and oxygen atoms in total. The number of pyridine rings is 1. The zero-order chi connectivity index (χ0) is 20.4. The molecule has 0 amide bonds. The highest BCUT2D eigenvalue weighted by Crippen LogP contribution is 2.24. The number of aliphatic hydroxyl groups excluding tert-OH is 1. The topological polar surface area (TPSA) is 96.6 Å². The summed E-state index contributed by atoms with van der Waals surface area (Å²) in [6.07, 6.45) is 1.87. The first-order valence-electron chi connectivity index (χ1n) is 8.02. The molecule has 0 saturated heterocycles. The highest BCUT2D eigenvalue weighted by Gasteiger charge is 2.16. The van der Waals surface area contributed by atoms with Crippen LogP contribution in [0.5, 0.6) is 0 Å². The van der Waals surface area contributed by atoms with E-state index in [1.807, 2.05) is 0 Å². The Morgan fingerprint density at radius 1 is 1.07 bits per heavy atom. The van der Waals surface area contributed by atoms with Crippen LogP contribution in [0, 0.1) is 0 Å². The predicted octanol–water partition coefficient (Wildman–Crippen LogP) is 3.91. The van der Waals surface area contributed by atoms with Gasteiger partial charge in [-0.15, -0.1) is 0 Å². The molecule has 1 heterocycles. The molecule has 0 saturated carbocycles. The Morgan fingerprint density at radius 2 is 1.79 bits per heavy atom. The molecule has 2 aromatic carbocycles. The van der Waals surface area contributed by atoms with Crippen molar-refractivity contribution < 1.29 is 19.8 Å². The van der Waals surface area contributed by atoms with E-state index < -0.39 is 22.9 Å². The lowest BCUT2D eigenvalue weighted by molar-refractivity contribution is -0.146.